The molecule has 0 fully saturated rings. The van der Waals surface area contributed by atoms with E-state index in [0.717, 1.165) is 0 Å². The van der Waals surface area contributed by atoms with Crippen LogP contribution in [0.15, 0.2) is 24.3 Å². The Morgan fingerprint density at radius 2 is 2.07 bits per heavy atom. The number of carbonyl (C=O) groups is 2. The number of hydrogen-bond donors (Lipinski definition) is 1. The fraction of sp³-hybridized carbons (Fsp3) is 0.100. The SMILES string of the molecule is O=CC1C(=O)[SH+]([O-])=c2ccccc2=C1O. The number of hydrogen-bond acceptors (Lipinski definition) is 4. The minimum atomic E-state index is -2.24. The lowest BCUT2D eigenvalue weighted by Gasteiger charge is -2.14. The van der Waals surface area contributed by atoms with Crippen LogP contribution in [0.4, 0.5) is 0 Å². The number of carbonyl (C=O) groups excluding carboxylic acids is 2. The fourth-order valence-corrected chi connectivity index (χ4v) is 2.82. The number of fused-ring (bicyclic) bond motifs is 1. The van der Waals surface area contributed by atoms with Crippen LogP contribution in [0.2, 0.25) is 0 Å². The van der Waals surface area contributed by atoms with Crippen LogP contribution in [0, 0.1) is 10.4 Å². The molecule has 0 bridgehead atoms. The minimum Gasteiger partial charge on any atom is -0.644 e. The smallest absolute Gasteiger partial charge is 0.308 e. The van der Waals surface area contributed by atoms with Gasteiger partial charge in [0.15, 0.2) is 5.92 Å². The highest BCUT2D eigenvalue weighted by molar-refractivity contribution is 7.99. The molecule has 1 aromatic carbocycles. The highest BCUT2D eigenvalue weighted by Crippen LogP contribution is 2.13. The second kappa shape index (κ2) is 3.60. The van der Waals surface area contributed by atoms with Crippen molar-refractivity contribution in [2.75, 3.05) is 0 Å². The number of aliphatic hydroxyl groups is 1. The molecule has 1 heterocycles. The molecular weight excluding hydrogens is 216 g/mol. The number of benzene rings is 1. The van der Waals surface area contributed by atoms with Crippen molar-refractivity contribution in [3.8, 4) is 0 Å². The van der Waals surface area contributed by atoms with Gasteiger partial charge in [-0.2, -0.15) is 0 Å². The first-order chi connectivity index (χ1) is 7.16. The van der Waals surface area contributed by atoms with E-state index in [9.17, 15) is 19.2 Å². The quantitative estimate of drug-likeness (QED) is 0.228. The molecule has 0 spiro atoms. The van der Waals surface area contributed by atoms with Crippen molar-refractivity contribution in [2.45, 2.75) is 0 Å². The lowest BCUT2D eigenvalue weighted by molar-refractivity contribution is -0.120. The number of thiol groups is 1. The number of aliphatic hydroxyl groups excluding tert-OH is 1. The van der Waals surface area contributed by atoms with Gasteiger partial charge in [0, 0.05) is 0 Å². The molecule has 4 nitrogen and oxygen atoms in total. The third-order valence-electron chi connectivity index (χ3n) is 2.30. The fourth-order valence-electron chi connectivity index (χ4n) is 1.52. The van der Waals surface area contributed by atoms with Crippen molar-refractivity contribution in [1.82, 2.24) is 0 Å². The summed E-state index contributed by atoms with van der Waals surface area (Å²) in [6.45, 7) is 0. The summed E-state index contributed by atoms with van der Waals surface area (Å²) in [6.07, 6.45) is 0.320. The molecule has 1 N–H and O–H groups in total. The van der Waals surface area contributed by atoms with Crippen molar-refractivity contribution >= 4 is 27.9 Å². The van der Waals surface area contributed by atoms with Gasteiger partial charge < -0.3 is 14.5 Å². The van der Waals surface area contributed by atoms with E-state index < -0.39 is 21.8 Å². The molecule has 1 aromatic rings. The van der Waals surface area contributed by atoms with E-state index in [1.54, 1.807) is 18.2 Å². The highest BCUT2D eigenvalue weighted by atomic mass is 32.2. The summed E-state index contributed by atoms with van der Waals surface area (Å²) in [5.74, 6) is -1.58. The number of rotatable bonds is 1. The van der Waals surface area contributed by atoms with Crippen molar-refractivity contribution in [3.05, 3.63) is 34.0 Å². The Morgan fingerprint density at radius 1 is 1.40 bits per heavy atom. The van der Waals surface area contributed by atoms with Gasteiger partial charge in [-0.3, -0.25) is 0 Å². The molecule has 15 heavy (non-hydrogen) atoms. The number of aldehydes is 1. The zero-order valence-electron chi connectivity index (χ0n) is 7.58. The van der Waals surface area contributed by atoms with Crippen LogP contribution >= 0.6 is 0 Å². The maximum Gasteiger partial charge on any atom is 0.308 e. The summed E-state index contributed by atoms with van der Waals surface area (Å²) in [7, 11) is -2.24. The van der Waals surface area contributed by atoms with E-state index in [1.165, 1.54) is 6.07 Å². The molecule has 5 heteroatoms. The second-order valence-corrected chi connectivity index (χ2v) is 4.66. The first-order valence-electron chi connectivity index (χ1n) is 4.28. The summed E-state index contributed by atoms with van der Waals surface area (Å²) in [5, 5.41) is 9.25. The molecule has 78 valence electrons. The Hall–Kier alpha value is -1.46. The first kappa shape index (κ1) is 10.1. The Bertz CT molecular complexity index is 561. The Morgan fingerprint density at radius 3 is 2.73 bits per heavy atom. The molecule has 0 aliphatic carbocycles. The molecule has 2 rings (SSSR count). The molecule has 0 amide bonds. The van der Waals surface area contributed by atoms with Gasteiger partial charge in [0.2, 0.25) is 0 Å². The summed E-state index contributed by atoms with van der Waals surface area (Å²) in [5.41, 5.74) is 0. The summed E-state index contributed by atoms with van der Waals surface area (Å²) < 4.78 is 11.9. The molecule has 0 saturated heterocycles. The van der Waals surface area contributed by atoms with Gasteiger partial charge in [-0.1, -0.05) is 12.1 Å². The zero-order valence-corrected chi connectivity index (χ0v) is 8.48. The Balaban J connectivity index is 2.94. The van der Waals surface area contributed by atoms with Crippen LogP contribution in [0.3, 0.4) is 0 Å². The molecular formula is C10H8O4S. The predicted octanol–water partition coefficient (Wildman–Crippen LogP) is -0.560. The van der Waals surface area contributed by atoms with Crippen LogP contribution in [-0.4, -0.2) is 21.1 Å². The van der Waals surface area contributed by atoms with Crippen molar-refractivity contribution < 1.29 is 19.2 Å². The van der Waals surface area contributed by atoms with Crippen LogP contribution < -0.4 is 5.22 Å². The lowest BCUT2D eigenvalue weighted by atomic mass is 10.1. The van der Waals surface area contributed by atoms with E-state index in [1.807, 2.05) is 0 Å². The van der Waals surface area contributed by atoms with Crippen molar-refractivity contribution in [3.63, 3.8) is 0 Å². The van der Waals surface area contributed by atoms with Crippen LogP contribution in [0.25, 0.3) is 5.76 Å². The van der Waals surface area contributed by atoms with Crippen molar-refractivity contribution in [1.29, 1.82) is 0 Å². The summed E-state index contributed by atoms with van der Waals surface area (Å²) in [4.78, 5) is 22.0. The van der Waals surface area contributed by atoms with E-state index in [-0.39, 0.29) is 5.76 Å². The van der Waals surface area contributed by atoms with Gasteiger partial charge in [0.05, 0.1) is 5.22 Å². The molecule has 2 unspecified atom stereocenters. The second-order valence-electron chi connectivity index (χ2n) is 3.15. The van der Waals surface area contributed by atoms with E-state index in [0.29, 0.717) is 16.0 Å². The molecule has 1 aliphatic heterocycles. The molecule has 0 saturated carbocycles. The van der Waals surface area contributed by atoms with Gasteiger partial charge in [0.1, 0.15) is 16.6 Å². The summed E-state index contributed by atoms with van der Waals surface area (Å²) >= 11 is 0. The average molecular weight is 224 g/mol. The van der Waals surface area contributed by atoms with Gasteiger partial charge in [-0.25, -0.2) is 4.79 Å². The largest absolute Gasteiger partial charge is 0.644 e. The van der Waals surface area contributed by atoms with Crippen LogP contribution in [0.1, 0.15) is 0 Å². The van der Waals surface area contributed by atoms with Gasteiger partial charge in [-0.05, 0) is 12.1 Å². The third-order valence-corrected chi connectivity index (χ3v) is 3.80. The molecule has 0 radical (unpaired) electrons. The standard InChI is InChI=1S/C10H8O4S/c11-5-7-9(12)6-3-1-2-4-8(6)15(14)10(7)13/h1-5,7,15H,(H-,12,13,14). The molecule has 2 atom stereocenters. The lowest BCUT2D eigenvalue weighted by Crippen LogP contribution is -2.32. The monoisotopic (exact) mass is 224 g/mol. The Kier molecular flexibility index (Phi) is 2.42. The third kappa shape index (κ3) is 1.40. The van der Waals surface area contributed by atoms with E-state index in [2.05, 4.69) is 0 Å². The van der Waals surface area contributed by atoms with Gasteiger partial charge in [0.25, 0.3) is 0 Å². The zero-order chi connectivity index (χ0) is 11.0. The summed E-state index contributed by atoms with van der Waals surface area (Å²) in [6, 6.07) is 6.34. The minimum absolute atomic E-state index is 0.299. The highest BCUT2D eigenvalue weighted by Gasteiger charge is 2.30. The normalized spacial score (nSPS) is 24.9. The van der Waals surface area contributed by atoms with Crippen LogP contribution in [-0.2, 0) is 20.4 Å². The van der Waals surface area contributed by atoms with Gasteiger partial charge in [-0.15, -0.1) is 10.8 Å². The predicted molar refractivity (Wildman–Crippen MR) is 55.0 cm³/mol. The van der Waals surface area contributed by atoms with Gasteiger partial charge >= 0.3 is 5.12 Å². The molecule has 0 aromatic heterocycles. The average Bonchev–Trinajstić information content (AvgIpc) is 2.27. The first-order valence-corrected chi connectivity index (χ1v) is 5.54. The molecule has 1 aliphatic rings. The topological polar surface area (TPSA) is 77.4 Å². The van der Waals surface area contributed by atoms with Crippen LogP contribution in [0.5, 0.6) is 0 Å². The Labute approximate surface area is 87.6 Å². The maximum absolute atomic E-state index is 11.6. The van der Waals surface area contributed by atoms with E-state index >= 15 is 0 Å². The maximum atomic E-state index is 11.6. The van der Waals surface area contributed by atoms with Crippen molar-refractivity contribution in [2.24, 2.45) is 5.92 Å². The van der Waals surface area contributed by atoms with E-state index in [4.69, 9.17) is 0 Å².